The van der Waals surface area contributed by atoms with Gasteiger partial charge in [-0.3, -0.25) is 4.79 Å². The van der Waals surface area contributed by atoms with Crippen LogP contribution < -0.4 is 5.32 Å². The lowest BCUT2D eigenvalue weighted by molar-refractivity contribution is -0.348. The molecule has 1 saturated heterocycles. The Hall–Kier alpha value is -2.38. The minimum atomic E-state index is -6.21. The van der Waals surface area contributed by atoms with E-state index >= 15 is 0 Å². The molecule has 6 nitrogen and oxygen atoms in total. The highest BCUT2D eigenvalue weighted by molar-refractivity contribution is 7.91. The molecule has 1 N–H and O–H groups in total. The van der Waals surface area contributed by atoms with E-state index < -0.39 is 56.8 Å². The molecule has 38 heavy (non-hydrogen) atoms. The van der Waals surface area contributed by atoms with Crippen LogP contribution in [-0.2, 0) is 36.3 Å². The standard InChI is InChI=1S/C24H26F7NO5S/c1-37-20(34)21(8-10-38(35,36)11-9-21)32-19(33)18-7-6-16-15-5-3-14(12-13(15)2-4-17(16)18)22(25,23(26,27)28)24(29,30)31/h3,5,12,16-18H,2,4,6-11H2,1H3,(H,32,33)/t16-,17+,18+/m0/s1. The SMILES string of the molecule is COC(=O)C1(NC(=O)[C@@H]2CC[C@H]3c4ccc(C(F)(C(F)(F)F)C(F)(F)F)cc4CC[C@@H]23)CCS(=O)(=O)CC1. The number of hydrogen-bond acceptors (Lipinski definition) is 5. The molecule has 3 atom stereocenters. The maximum atomic E-state index is 14.6. The molecule has 1 aromatic rings. The number of carbonyl (C=O) groups is 2. The molecule has 1 heterocycles. The van der Waals surface area contributed by atoms with Crippen molar-refractivity contribution < 1.29 is 53.5 Å². The largest absolute Gasteiger partial charge is 0.467 e. The molecule has 0 aromatic heterocycles. The van der Waals surface area contributed by atoms with E-state index in [4.69, 9.17) is 4.74 Å². The molecule has 1 amide bonds. The van der Waals surface area contributed by atoms with Crippen LogP contribution in [0.1, 0.15) is 54.7 Å². The van der Waals surface area contributed by atoms with Crippen LogP contribution in [0.4, 0.5) is 30.7 Å². The summed E-state index contributed by atoms with van der Waals surface area (Å²) in [4.78, 5) is 25.8. The third-order valence-corrected chi connectivity index (χ3v) is 9.90. The summed E-state index contributed by atoms with van der Waals surface area (Å²) in [5.74, 6) is -3.13. The van der Waals surface area contributed by atoms with Crippen molar-refractivity contribution in [3.63, 3.8) is 0 Å². The monoisotopic (exact) mass is 573 g/mol. The van der Waals surface area contributed by atoms with Gasteiger partial charge in [-0.15, -0.1) is 0 Å². The number of fused-ring (bicyclic) bond motifs is 3. The zero-order valence-electron chi connectivity index (χ0n) is 20.2. The van der Waals surface area contributed by atoms with Gasteiger partial charge in [0.25, 0.3) is 0 Å². The van der Waals surface area contributed by atoms with Crippen molar-refractivity contribution in [1.29, 1.82) is 0 Å². The molecule has 0 radical (unpaired) electrons. The highest BCUT2D eigenvalue weighted by atomic mass is 32.2. The molecule has 0 spiro atoms. The van der Waals surface area contributed by atoms with Gasteiger partial charge >= 0.3 is 24.0 Å². The molecule has 3 aliphatic rings. The van der Waals surface area contributed by atoms with Gasteiger partial charge in [0.1, 0.15) is 5.54 Å². The van der Waals surface area contributed by atoms with Gasteiger partial charge in [-0.05, 0) is 61.5 Å². The van der Waals surface area contributed by atoms with Crippen molar-refractivity contribution in [2.45, 2.75) is 68.0 Å². The predicted molar refractivity (Wildman–Crippen MR) is 119 cm³/mol. The summed E-state index contributed by atoms with van der Waals surface area (Å²) in [6.07, 6.45) is -11.7. The molecule has 4 rings (SSSR count). The Morgan fingerprint density at radius 1 is 0.974 bits per heavy atom. The van der Waals surface area contributed by atoms with E-state index in [1.807, 2.05) is 0 Å². The number of esters is 1. The predicted octanol–water partition coefficient (Wildman–Crippen LogP) is 4.27. The number of sulfone groups is 1. The van der Waals surface area contributed by atoms with Crippen LogP contribution in [0.25, 0.3) is 0 Å². The highest BCUT2D eigenvalue weighted by Crippen LogP contribution is 2.55. The second-order valence-corrected chi connectivity index (χ2v) is 12.6. The first kappa shape index (κ1) is 28.6. The average Bonchev–Trinajstić information content (AvgIpc) is 3.27. The number of nitrogens with one attached hydrogen (secondary N) is 1. The summed E-state index contributed by atoms with van der Waals surface area (Å²) in [6.45, 7) is 0. The summed E-state index contributed by atoms with van der Waals surface area (Å²) >= 11 is 0. The van der Waals surface area contributed by atoms with Crippen LogP contribution in [0.2, 0.25) is 0 Å². The molecule has 2 aliphatic carbocycles. The van der Waals surface area contributed by atoms with Gasteiger partial charge in [-0.25, -0.2) is 17.6 Å². The number of amides is 1. The minimum absolute atomic E-state index is 0.0420. The molecule has 1 aliphatic heterocycles. The molecular weight excluding hydrogens is 547 g/mol. The Morgan fingerprint density at radius 3 is 2.13 bits per heavy atom. The number of rotatable bonds is 4. The van der Waals surface area contributed by atoms with Gasteiger partial charge in [0, 0.05) is 11.5 Å². The van der Waals surface area contributed by atoms with Gasteiger partial charge < -0.3 is 10.1 Å². The Morgan fingerprint density at radius 2 is 1.58 bits per heavy atom. The van der Waals surface area contributed by atoms with E-state index in [1.165, 1.54) is 0 Å². The number of carbonyl (C=O) groups excluding carboxylic acids is 2. The first-order valence-corrected chi connectivity index (χ1v) is 13.8. The lowest BCUT2D eigenvalue weighted by Gasteiger charge is -2.37. The number of aryl methyl sites for hydroxylation is 1. The topological polar surface area (TPSA) is 89.5 Å². The molecule has 212 valence electrons. The lowest BCUT2D eigenvalue weighted by atomic mass is 9.73. The van der Waals surface area contributed by atoms with Crippen LogP contribution in [0.15, 0.2) is 18.2 Å². The van der Waals surface area contributed by atoms with E-state index in [0.29, 0.717) is 30.5 Å². The van der Waals surface area contributed by atoms with E-state index in [-0.39, 0.29) is 54.6 Å². The van der Waals surface area contributed by atoms with Gasteiger partial charge in [0.2, 0.25) is 5.91 Å². The molecule has 1 saturated carbocycles. The molecule has 1 aromatic carbocycles. The van der Waals surface area contributed by atoms with Gasteiger partial charge in [-0.2, -0.15) is 26.3 Å². The third kappa shape index (κ3) is 4.66. The van der Waals surface area contributed by atoms with Gasteiger partial charge in [0.05, 0.1) is 18.6 Å². The maximum absolute atomic E-state index is 14.6. The number of ether oxygens (including phenoxy) is 1. The second-order valence-electron chi connectivity index (χ2n) is 10.3. The first-order valence-electron chi connectivity index (χ1n) is 12.0. The van der Waals surface area contributed by atoms with Crippen LogP contribution in [0.5, 0.6) is 0 Å². The van der Waals surface area contributed by atoms with Crippen molar-refractivity contribution in [2.24, 2.45) is 11.8 Å². The van der Waals surface area contributed by atoms with Crippen LogP contribution in [0, 0.1) is 11.8 Å². The third-order valence-electron chi connectivity index (χ3n) is 8.25. The molecule has 0 bridgehead atoms. The fourth-order valence-corrected chi connectivity index (χ4v) is 7.70. The van der Waals surface area contributed by atoms with Crippen molar-refractivity contribution in [3.05, 3.63) is 34.9 Å². The first-order chi connectivity index (χ1) is 17.5. The maximum Gasteiger partial charge on any atom is 0.435 e. The summed E-state index contributed by atoms with van der Waals surface area (Å²) < 4.78 is 122. The van der Waals surface area contributed by atoms with E-state index in [9.17, 15) is 48.7 Å². The number of methoxy groups -OCH3 is 1. The molecule has 0 unspecified atom stereocenters. The van der Waals surface area contributed by atoms with Crippen molar-refractivity contribution >= 4 is 21.7 Å². The second kappa shape index (κ2) is 9.37. The lowest BCUT2D eigenvalue weighted by Crippen LogP contribution is -2.60. The fourth-order valence-electron chi connectivity index (χ4n) is 6.18. The summed E-state index contributed by atoms with van der Waals surface area (Å²) in [5, 5.41) is 2.70. The molecule has 14 heteroatoms. The molecule has 2 fully saturated rings. The van der Waals surface area contributed by atoms with Crippen LogP contribution >= 0.6 is 0 Å². The summed E-state index contributed by atoms with van der Waals surface area (Å²) in [5.41, 5.74) is -7.91. The molecular formula is C24H26F7NO5S. The Kier molecular flexibility index (Phi) is 7.06. The van der Waals surface area contributed by atoms with Crippen LogP contribution in [0.3, 0.4) is 0 Å². The minimum Gasteiger partial charge on any atom is -0.467 e. The number of halogens is 7. The Labute approximate surface area is 214 Å². The van der Waals surface area contributed by atoms with Crippen molar-refractivity contribution in [3.8, 4) is 0 Å². The normalized spacial score (nSPS) is 26.7. The van der Waals surface area contributed by atoms with Crippen LogP contribution in [-0.4, -0.2) is 56.8 Å². The fraction of sp³-hybridized carbons (Fsp3) is 0.667. The average molecular weight is 574 g/mol. The van der Waals surface area contributed by atoms with Gasteiger partial charge in [-0.1, -0.05) is 18.2 Å². The van der Waals surface area contributed by atoms with Crippen molar-refractivity contribution in [2.75, 3.05) is 18.6 Å². The Balaban J connectivity index is 1.57. The quantitative estimate of drug-likeness (QED) is 0.430. The van der Waals surface area contributed by atoms with E-state index in [2.05, 4.69) is 5.32 Å². The highest BCUT2D eigenvalue weighted by Gasteiger charge is 2.73. The van der Waals surface area contributed by atoms with E-state index in [0.717, 1.165) is 13.2 Å². The van der Waals surface area contributed by atoms with E-state index in [1.54, 1.807) is 0 Å². The number of alkyl halides is 7. The summed E-state index contributed by atoms with van der Waals surface area (Å²) in [6, 6.07) is 2.20. The summed E-state index contributed by atoms with van der Waals surface area (Å²) in [7, 11) is -2.24. The zero-order valence-corrected chi connectivity index (χ0v) is 21.0. The van der Waals surface area contributed by atoms with Crippen molar-refractivity contribution in [1.82, 2.24) is 5.32 Å². The zero-order chi connectivity index (χ0) is 28.3. The number of benzene rings is 1. The number of hydrogen-bond donors (Lipinski definition) is 1. The Bertz CT molecular complexity index is 1200. The van der Waals surface area contributed by atoms with Gasteiger partial charge in [0.15, 0.2) is 9.84 Å². The smallest absolute Gasteiger partial charge is 0.435 e.